The third-order valence-electron chi connectivity index (χ3n) is 5.77. The van der Waals surface area contributed by atoms with E-state index in [1.54, 1.807) is 41.5 Å². The first-order valence-electron chi connectivity index (χ1n) is 13.9. The lowest BCUT2D eigenvalue weighted by Crippen LogP contribution is -2.47. The van der Waals surface area contributed by atoms with E-state index in [9.17, 15) is 19.2 Å². The van der Waals surface area contributed by atoms with Gasteiger partial charge >= 0.3 is 24.2 Å². The van der Waals surface area contributed by atoms with Gasteiger partial charge in [0.2, 0.25) is 5.96 Å². The lowest BCUT2D eigenvalue weighted by molar-refractivity contribution is -0.149. The fraction of sp³-hybridized carbons (Fsp3) is 0.452. The number of rotatable bonds is 6. The van der Waals surface area contributed by atoms with Crippen LogP contribution in [0.2, 0.25) is 0 Å². The van der Waals surface area contributed by atoms with Gasteiger partial charge in [-0.3, -0.25) is 15.5 Å². The van der Waals surface area contributed by atoms with Crippen LogP contribution in [0.15, 0.2) is 65.7 Å². The van der Waals surface area contributed by atoms with Crippen LogP contribution in [0.4, 0.5) is 14.4 Å². The first-order valence-corrected chi connectivity index (χ1v) is 13.9. The van der Waals surface area contributed by atoms with Gasteiger partial charge in [-0.05, 0) is 52.7 Å². The van der Waals surface area contributed by atoms with Crippen LogP contribution in [-0.4, -0.2) is 64.9 Å². The fourth-order valence-electron chi connectivity index (χ4n) is 4.04. The largest absolute Gasteiger partial charge is 0.459 e. The lowest BCUT2D eigenvalue weighted by atomic mass is 10.2. The molecule has 1 saturated heterocycles. The molecule has 1 aliphatic rings. The fourth-order valence-corrected chi connectivity index (χ4v) is 4.04. The maximum absolute atomic E-state index is 13.2. The summed E-state index contributed by atoms with van der Waals surface area (Å²) in [5.41, 5.74) is -0.0757. The van der Waals surface area contributed by atoms with Crippen LogP contribution in [0.5, 0.6) is 0 Å². The molecule has 1 fully saturated rings. The molecule has 2 atom stereocenters. The van der Waals surface area contributed by atoms with Crippen LogP contribution in [0.3, 0.4) is 0 Å². The van der Waals surface area contributed by atoms with Crippen LogP contribution in [0.1, 0.15) is 59.1 Å². The van der Waals surface area contributed by atoms with Crippen LogP contribution in [0.25, 0.3) is 0 Å². The molecule has 232 valence electrons. The number of hydrogen-bond donors (Lipinski definition) is 2. The van der Waals surface area contributed by atoms with E-state index in [-0.39, 0.29) is 32.1 Å². The van der Waals surface area contributed by atoms with Crippen LogP contribution < -0.4 is 10.6 Å². The summed E-state index contributed by atoms with van der Waals surface area (Å²) in [7, 11) is 0. The van der Waals surface area contributed by atoms with Crippen molar-refractivity contribution in [2.45, 2.75) is 84.5 Å². The second-order valence-corrected chi connectivity index (χ2v) is 11.9. The minimum absolute atomic E-state index is 0.00153. The molecule has 12 heteroatoms. The topological polar surface area (TPSA) is 145 Å². The maximum atomic E-state index is 13.2. The Morgan fingerprint density at radius 1 is 0.767 bits per heavy atom. The van der Waals surface area contributed by atoms with Gasteiger partial charge in [0.15, 0.2) is 0 Å². The van der Waals surface area contributed by atoms with Crippen molar-refractivity contribution in [2.24, 2.45) is 4.99 Å². The van der Waals surface area contributed by atoms with Crippen LogP contribution >= 0.6 is 0 Å². The first kappa shape index (κ1) is 32.9. The van der Waals surface area contributed by atoms with E-state index in [0.29, 0.717) is 0 Å². The number of guanidine groups is 1. The van der Waals surface area contributed by atoms with Gasteiger partial charge in [0.05, 0.1) is 6.04 Å². The molecule has 0 spiro atoms. The maximum Gasteiger partial charge on any atom is 0.414 e. The summed E-state index contributed by atoms with van der Waals surface area (Å²) < 4.78 is 21.6. The van der Waals surface area contributed by atoms with Crippen molar-refractivity contribution >= 4 is 30.2 Å². The van der Waals surface area contributed by atoms with Gasteiger partial charge in [-0.15, -0.1) is 0 Å². The summed E-state index contributed by atoms with van der Waals surface area (Å²) in [6, 6.07) is 16.5. The molecule has 0 unspecified atom stereocenters. The number of carbonyl (C=O) groups is 4. The molecule has 0 aliphatic carbocycles. The Morgan fingerprint density at radius 3 is 1.70 bits per heavy atom. The number of likely N-dealkylation sites (tertiary alicyclic amines) is 1. The number of esters is 1. The monoisotopic (exact) mass is 596 g/mol. The molecule has 1 aliphatic heterocycles. The summed E-state index contributed by atoms with van der Waals surface area (Å²) in [4.78, 5) is 57.1. The molecular formula is C31H40N4O8. The zero-order valence-electron chi connectivity index (χ0n) is 25.4. The average Bonchev–Trinajstić information content (AvgIpc) is 3.33. The number of nitrogens with zero attached hydrogens (tertiary/aromatic N) is 2. The molecule has 3 rings (SSSR count). The highest BCUT2D eigenvalue weighted by atomic mass is 16.6. The molecular weight excluding hydrogens is 556 g/mol. The molecule has 43 heavy (non-hydrogen) atoms. The number of ether oxygens (including phenoxy) is 4. The summed E-state index contributed by atoms with van der Waals surface area (Å²) in [6.07, 6.45) is -2.41. The average molecular weight is 597 g/mol. The number of benzene rings is 2. The predicted octanol–water partition coefficient (Wildman–Crippen LogP) is 4.91. The second-order valence-electron chi connectivity index (χ2n) is 11.9. The second kappa shape index (κ2) is 14.5. The molecule has 2 N–H and O–H groups in total. The van der Waals surface area contributed by atoms with Crippen molar-refractivity contribution in [3.63, 3.8) is 0 Å². The third-order valence-corrected chi connectivity index (χ3v) is 5.77. The smallest absolute Gasteiger partial charge is 0.414 e. The summed E-state index contributed by atoms with van der Waals surface area (Å²) in [5.74, 6) is -0.899. The Hall–Kier alpha value is -4.61. The van der Waals surface area contributed by atoms with Crippen molar-refractivity contribution in [1.29, 1.82) is 0 Å². The van der Waals surface area contributed by atoms with Gasteiger partial charge in [0, 0.05) is 13.0 Å². The highest BCUT2D eigenvalue weighted by Crippen LogP contribution is 2.24. The summed E-state index contributed by atoms with van der Waals surface area (Å²) in [6.45, 7) is 10.1. The Morgan fingerprint density at radius 2 is 1.23 bits per heavy atom. The number of nitrogens with one attached hydrogen (secondary N) is 2. The molecule has 0 radical (unpaired) electrons. The number of hydrogen-bond acceptors (Lipinski definition) is 9. The van der Waals surface area contributed by atoms with Gasteiger partial charge in [0.25, 0.3) is 0 Å². The highest BCUT2D eigenvalue weighted by molar-refractivity contribution is 6.01. The SMILES string of the molecule is CC(C)(C)OC(=O)NC(=N[C@H]1C[C@@H](C(=O)OCc2ccccc2)N(C(=O)OCc2ccccc2)C1)NC(=O)OC(C)(C)C. The van der Waals surface area contributed by atoms with Crippen molar-refractivity contribution < 1.29 is 38.1 Å². The predicted molar refractivity (Wildman–Crippen MR) is 158 cm³/mol. The van der Waals surface area contributed by atoms with Gasteiger partial charge < -0.3 is 18.9 Å². The van der Waals surface area contributed by atoms with E-state index in [2.05, 4.69) is 15.6 Å². The molecule has 12 nitrogen and oxygen atoms in total. The lowest BCUT2D eigenvalue weighted by Gasteiger charge is -2.23. The van der Waals surface area contributed by atoms with Gasteiger partial charge in [0.1, 0.15) is 30.5 Å². The van der Waals surface area contributed by atoms with Crippen molar-refractivity contribution in [3.05, 3.63) is 71.8 Å². The molecule has 3 amide bonds. The molecule has 2 aromatic rings. The summed E-state index contributed by atoms with van der Waals surface area (Å²) >= 11 is 0. The van der Waals surface area contributed by atoms with Crippen molar-refractivity contribution in [3.8, 4) is 0 Å². The van der Waals surface area contributed by atoms with Crippen LogP contribution in [0, 0.1) is 0 Å². The molecule has 0 bridgehead atoms. The molecule has 0 aromatic heterocycles. The number of aliphatic imine (C=N–C) groups is 1. The van der Waals surface area contributed by atoms with E-state index in [1.165, 1.54) is 4.90 Å². The zero-order chi connectivity index (χ0) is 31.6. The Kier molecular flexibility index (Phi) is 11.1. The van der Waals surface area contributed by atoms with Gasteiger partial charge in [-0.1, -0.05) is 60.7 Å². The van der Waals surface area contributed by atoms with E-state index in [1.807, 2.05) is 60.7 Å². The minimum atomic E-state index is -1.02. The zero-order valence-corrected chi connectivity index (χ0v) is 25.4. The van der Waals surface area contributed by atoms with E-state index in [4.69, 9.17) is 18.9 Å². The van der Waals surface area contributed by atoms with Crippen LogP contribution in [-0.2, 0) is 37.0 Å². The van der Waals surface area contributed by atoms with Gasteiger partial charge in [-0.2, -0.15) is 0 Å². The normalized spacial score (nSPS) is 16.5. The van der Waals surface area contributed by atoms with E-state index in [0.717, 1.165) is 11.1 Å². The van der Waals surface area contributed by atoms with Crippen molar-refractivity contribution in [2.75, 3.05) is 6.54 Å². The van der Waals surface area contributed by atoms with Crippen molar-refractivity contribution in [1.82, 2.24) is 15.5 Å². The van der Waals surface area contributed by atoms with E-state index >= 15 is 0 Å². The molecule has 2 aromatic carbocycles. The Balaban J connectivity index is 1.81. The number of amides is 3. The molecule has 1 heterocycles. The Bertz CT molecular complexity index is 1190. The van der Waals surface area contributed by atoms with Gasteiger partial charge in [-0.25, -0.2) is 24.2 Å². The number of alkyl carbamates (subject to hydrolysis) is 2. The quantitative estimate of drug-likeness (QED) is 0.207. The standard InChI is InChI=1S/C31H40N4O8/c1-30(2,3)42-27(37)33-26(34-28(38)43-31(4,5)6)32-23-17-24(25(36)40-19-21-13-9-7-10-14-21)35(18-23)29(39)41-20-22-15-11-8-12-16-22/h7-16,23-24H,17-20H2,1-6H3,(H2,32,33,34,37,38)/t23-,24-/m0/s1. The first-order chi connectivity index (χ1) is 20.2. The third kappa shape index (κ3) is 11.7. The summed E-state index contributed by atoms with van der Waals surface area (Å²) in [5, 5.41) is 4.85. The van der Waals surface area contributed by atoms with E-state index < -0.39 is 47.5 Å². The minimum Gasteiger partial charge on any atom is -0.459 e. The Labute approximate surface area is 251 Å². The highest BCUT2D eigenvalue weighted by Gasteiger charge is 2.42. The number of carbonyl (C=O) groups excluding carboxylic acids is 4. The molecule has 0 saturated carbocycles.